The molecular formula is C18H17NO2. The van der Waals surface area contributed by atoms with E-state index >= 15 is 0 Å². The molecule has 0 saturated carbocycles. The molecule has 3 heteroatoms. The Morgan fingerprint density at radius 2 is 1.76 bits per heavy atom. The van der Waals surface area contributed by atoms with Crippen molar-refractivity contribution in [2.75, 3.05) is 0 Å². The normalized spacial score (nSPS) is 10.0. The fourth-order valence-corrected chi connectivity index (χ4v) is 2.36. The van der Waals surface area contributed by atoms with Gasteiger partial charge < -0.3 is 4.74 Å². The summed E-state index contributed by atoms with van der Waals surface area (Å²) in [7, 11) is 0. The maximum atomic E-state index is 10.8. The van der Waals surface area contributed by atoms with E-state index in [4.69, 9.17) is 10.00 Å². The third-order valence-electron chi connectivity index (χ3n) is 3.46. The highest BCUT2D eigenvalue weighted by Crippen LogP contribution is 2.25. The molecule has 0 saturated heterocycles. The van der Waals surface area contributed by atoms with Crippen LogP contribution in [-0.4, -0.2) is 6.29 Å². The molecule has 0 amide bonds. The van der Waals surface area contributed by atoms with Crippen molar-refractivity contribution in [2.45, 2.75) is 27.4 Å². The summed E-state index contributed by atoms with van der Waals surface area (Å²) in [5.41, 5.74) is 5.29. The Bertz CT molecular complexity index is 703. The van der Waals surface area contributed by atoms with Crippen LogP contribution in [0.2, 0.25) is 0 Å². The Hall–Kier alpha value is -2.60. The number of aryl methyl sites for hydroxylation is 3. The lowest BCUT2D eigenvalue weighted by Crippen LogP contribution is -2.02. The zero-order valence-electron chi connectivity index (χ0n) is 12.4. The zero-order valence-corrected chi connectivity index (χ0v) is 12.4. The number of benzene rings is 2. The molecule has 2 rings (SSSR count). The van der Waals surface area contributed by atoms with Crippen LogP contribution in [0.3, 0.4) is 0 Å². The lowest BCUT2D eigenvalue weighted by molar-refractivity contribution is 0.112. The van der Waals surface area contributed by atoms with Gasteiger partial charge in [-0.25, -0.2) is 0 Å². The van der Waals surface area contributed by atoms with Gasteiger partial charge in [0.15, 0.2) is 0 Å². The minimum Gasteiger partial charge on any atom is -0.488 e. The van der Waals surface area contributed by atoms with Crippen molar-refractivity contribution < 1.29 is 9.53 Å². The number of ether oxygens (including phenoxy) is 1. The number of carbonyl (C=O) groups is 1. The molecule has 0 aliphatic carbocycles. The number of carbonyl (C=O) groups excluding carboxylic acids is 1. The van der Waals surface area contributed by atoms with E-state index in [0.29, 0.717) is 17.7 Å². The van der Waals surface area contributed by atoms with E-state index in [0.717, 1.165) is 34.3 Å². The first-order chi connectivity index (χ1) is 10.0. The van der Waals surface area contributed by atoms with Gasteiger partial charge in [-0.05, 0) is 67.3 Å². The number of hydrogen-bond donors (Lipinski definition) is 0. The maximum Gasteiger partial charge on any atom is 0.150 e. The molecule has 0 aliphatic rings. The van der Waals surface area contributed by atoms with Gasteiger partial charge in [0.25, 0.3) is 0 Å². The van der Waals surface area contributed by atoms with Crippen molar-refractivity contribution in [3.05, 3.63) is 63.7 Å². The molecule has 21 heavy (non-hydrogen) atoms. The van der Waals surface area contributed by atoms with Crippen LogP contribution >= 0.6 is 0 Å². The van der Waals surface area contributed by atoms with Crippen LogP contribution in [-0.2, 0) is 6.61 Å². The van der Waals surface area contributed by atoms with Gasteiger partial charge in [-0.15, -0.1) is 0 Å². The number of rotatable bonds is 4. The molecule has 0 fully saturated rings. The van der Waals surface area contributed by atoms with Crippen molar-refractivity contribution in [3.8, 4) is 11.8 Å². The summed E-state index contributed by atoms with van der Waals surface area (Å²) in [5.74, 6) is 0.810. The van der Waals surface area contributed by atoms with E-state index in [1.807, 2.05) is 45.0 Å². The predicted octanol–water partition coefficient (Wildman–Crippen LogP) is 3.88. The van der Waals surface area contributed by atoms with Gasteiger partial charge in [-0.2, -0.15) is 5.26 Å². The third kappa shape index (κ3) is 3.29. The number of hydrogen-bond acceptors (Lipinski definition) is 3. The van der Waals surface area contributed by atoms with E-state index in [2.05, 4.69) is 6.07 Å². The van der Waals surface area contributed by atoms with Crippen LogP contribution in [0.1, 0.15) is 38.2 Å². The highest BCUT2D eigenvalue weighted by Gasteiger charge is 2.08. The molecule has 0 heterocycles. The van der Waals surface area contributed by atoms with Gasteiger partial charge in [-0.3, -0.25) is 4.79 Å². The van der Waals surface area contributed by atoms with E-state index in [-0.39, 0.29) is 0 Å². The summed E-state index contributed by atoms with van der Waals surface area (Å²) in [5, 5.41) is 8.87. The second kappa shape index (κ2) is 6.23. The van der Waals surface area contributed by atoms with Crippen molar-refractivity contribution in [3.63, 3.8) is 0 Å². The van der Waals surface area contributed by atoms with Crippen molar-refractivity contribution in [2.24, 2.45) is 0 Å². The molecule has 0 bridgehead atoms. The minimum atomic E-state index is 0.444. The Labute approximate surface area is 124 Å². The lowest BCUT2D eigenvalue weighted by atomic mass is 10.1. The highest BCUT2D eigenvalue weighted by molar-refractivity contribution is 5.76. The van der Waals surface area contributed by atoms with E-state index in [9.17, 15) is 4.79 Å². The van der Waals surface area contributed by atoms with Crippen molar-refractivity contribution in [1.29, 1.82) is 5.26 Å². The van der Waals surface area contributed by atoms with Crippen LogP contribution in [0.5, 0.6) is 5.75 Å². The van der Waals surface area contributed by atoms with Crippen molar-refractivity contribution in [1.82, 2.24) is 0 Å². The molecule has 0 atom stereocenters. The monoisotopic (exact) mass is 279 g/mol. The summed E-state index contributed by atoms with van der Waals surface area (Å²) in [6.45, 7) is 6.27. The van der Waals surface area contributed by atoms with E-state index in [1.165, 1.54) is 0 Å². The maximum absolute atomic E-state index is 10.8. The summed E-state index contributed by atoms with van der Waals surface area (Å²) in [4.78, 5) is 10.8. The summed E-state index contributed by atoms with van der Waals surface area (Å²) < 4.78 is 5.91. The number of aldehydes is 1. The molecule has 2 aromatic rings. The average Bonchev–Trinajstić information content (AvgIpc) is 2.47. The Morgan fingerprint density at radius 3 is 2.29 bits per heavy atom. The SMILES string of the molecule is Cc1cc(C#N)ccc1COc1c(C)cc(C=O)cc1C. The van der Waals surface area contributed by atoms with Crippen LogP contribution in [0, 0.1) is 32.1 Å². The molecule has 0 spiro atoms. The number of nitriles is 1. The fourth-order valence-electron chi connectivity index (χ4n) is 2.36. The molecule has 0 unspecified atom stereocenters. The van der Waals surface area contributed by atoms with Gasteiger partial charge in [0, 0.05) is 5.56 Å². The van der Waals surface area contributed by atoms with E-state index in [1.54, 1.807) is 6.07 Å². The summed E-state index contributed by atoms with van der Waals surface area (Å²) in [6.07, 6.45) is 0.842. The van der Waals surface area contributed by atoms with Gasteiger partial charge >= 0.3 is 0 Å². The van der Waals surface area contributed by atoms with Gasteiger partial charge in [0.1, 0.15) is 18.6 Å². The van der Waals surface area contributed by atoms with Gasteiger partial charge in [-0.1, -0.05) is 6.07 Å². The molecule has 106 valence electrons. The van der Waals surface area contributed by atoms with Crippen LogP contribution < -0.4 is 4.74 Å². The number of nitrogens with zero attached hydrogens (tertiary/aromatic N) is 1. The molecule has 3 nitrogen and oxygen atoms in total. The third-order valence-corrected chi connectivity index (χ3v) is 3.46. The fraction of sp³-hybridized carbons (Fsp3) is 0.222. The molecule has 2 aromatic carbocycles. The van der Waals surface area contributed by atoms with Gasteiger partial charge in [0.2, 0.25) is 0 Å². The van der Waals surface area contributed by atoms with Crippen molar-refractivity contribution >= 4 is 6.29 Å². The van der Waals surface area contributed by atoms with Crippen LogP contribution in [0.15, 0.2) is 30.3 Å². The quantitative estimate of drug-likeness (QED) is 0.798. The largest absolute Gasteiger partial charge is 0.488 e. The zero-order chi connectivity index (χ0) is 15.4. The van der Waals surface area contributed by atoms with E-state index < -0.39 is 0 Å². The average molecular weight is 279 g/mol. The minimum absolute atomic E-state index is 0.444. The molecule has 0 radical (unpaired) electrons. The molecule has 0 aliphatic heterocycles. The van der Waals surface area contributed by atoms with Gasteiger partial charge in [0.05, 0.1) is 11.6 Å². The first kappa shape index (κ1) is 14.8. The summed E-state index contributed by atoms with van der Waals surface area (Å²) >= 11 is 0. The Kier molecular flexibility index (Phi) is 4.39. The second-order valence-electron chi connectivity index (χ2n) is 5.14. The molecule has 0 N–H and O–H groups in total. The Balaban J connectivity index is 2.21. The smallest absolute Gasteiger partial charge is 0.150 e. The second-order valence-corrected chi connectivity index (χ2v) is 5.14. The Morgan fingerprint density at radius 1 is 1.10 bits per heavy atom. The molecule has 0 aromatic heterocycles. The topological polar surface area (TPSA) is 50.1 Å². The highest BCUT2D eigenvalue weighted by atomic mass is 16.5. The molecular weight excluding hydrogens is 262 g/mol. The lowest BCUT2D eigenvalue weighted by Gasteiger charge is -2.14. The first-order valence-electron chi connectivity index (χ1n) is 6.74. The van der Waals surface area contributed by atoms with Crippen LogP contribution in [0.25, 0.3) is 0 Å². The standard InChI is InChI=1S/C18H17NO2/c1-12-6-15(9-19)4-5-17(12)11-21-18-13(2)7-16(10-20)8-14(18)3/h4-8,10H,11H2,1-3H3. The summed E-state index contributed by atoms with van der Waals surface area (Å²) in [6, 6.07) is 11.3. The first-order valence-corrected chi connectivity index (χ1v) is 6.74. The predicted molar refractivity (Wildman–Crippen MR) is 81.5 cm³/mol. The van der Waals surface area contributed by atoms with Crippen LogP contribution in [0.4, 0.5) is 0 Å².